The van der Waals surface area contributed by atoms with Crippen molar-refractivity contribution in [2.45, 2.75) is 142 Å². The van der Waals surface area contributed by atoms with Gasteiger partial charge in [0.1, 0.15) is 6.04 Å². The minimum Gasteiger partial charge on any atom is -0.544 e. The highest BCUT2D eigenvalue weighted by molar-refractivity contribution is 5.69. The highest BCUT2D eigenvalue weighted by atomic mass is 16.4. The van der Waals surface area contributed by atoms with Gasteiger partial charge in [-0.2, -0.15) is 0 Å². The third kappa shape index (κ3) is 18.2. The van der Waals surface area contributed by atoms with Crippen LogP contribution < -0.4 is 15.7 Å². The van der Waals surface area contributed by atoms with E-state index in [-0.39, 0.29) is 6.04 Å². The SMILES string of the molecule is CCCCCCCCCC[NH+](CCCCCCCCCC)C(CCCC[NH3+])C(=O)[O-]. The molecule has 0 rings (SSSR count). The van der Waals surface area contributed by atoms with Crippen LogP contribution in [0, 0.1) is 0 Å². The second kappa shape index (κ2) is 23.1. The zero-order valence-electron chi connectivity index (χ0n) is 20.7. The standard InChI is InChI=1S/C26H54N2O2/c1-3-5-7-9-11-13-15-19-23-28(25(26(29)30)21-17-18-22-27)24-20-16-14-12-10-8-6-4-2/h25H,3-24,27H2,1-2H3,(H,29,30)/p+1. The van der Waals surface area contributed by atoms with Crippen LogP contribution in [0.25, 0.3) is 0 Å². The minimum absolute atomic E-state index is 0.328. The summed E-state index contributed by atoms with van der Waals surface area (Å²) >= 11 is 0. The summed E-state index contributed by atoms with van der Waals surface area (Å²) in [5.74, 6) is -0.840. The first-order valence-electron chi connectivity index (χ1n) is 13.5. The Hall–Kier alpha value is -0.610. The molecule has 0 aliphatic carbocycles. The summed E-state index contributed by atoms with van der Waals surface area (Å²) in [7, 11) is 0. The third-order valence-electron chi connectivity index (χ3n) is 6.47. The Balaban J connectivity index is 4.27. The lowest BCUT2D eigenvalue weighted by atomic mass is 10.0. The molecular formula is C26H55N2O2+. The normalized spacial score (nSPS) is 12.5. The maximum Gasteiger partial charge on any atom is 0.128 e. The molecule has 0 aromatic carbocycles. The number of aliphatic carboxylic acids is 1. The van der Waals surface area contributed by atoms with Gasteiger partial charge in [0.25, 0.3) is 0 Å². The maximum atomic E-state index is 11.9. The van der Waals surface area contributed by atoms with E-state index in [4.69, 9.17) is 0 Å². The zero-order valence-corrected chi connectivity index (χ0v) is 20.7. The van der Waals surface area contributed by atoms with Gasteiger partial charge < -0.3 is 20.5 Å². The number of carboxylic acids is 1. The Morgan fingerprint density at radius 1 is 0.667 bits per heavy atom. The minimum atomic E-state index is -0.840. The van der Waals surface area contributed by atoms with E-state index in [2.05, 4.69) is 19.6 Å². The second-order valence-corrected chi connectivity index (χ2v) is 9.33. The van der Waals surface area contributed by atoms with E-state index in [0.29, 0.717) is 0 Å². The van der Waals surface area contributed by atoms with E-state index in [1.54, 1.807) is 0 Å². The molecule has 0 saturated carbocycles. The van der Waals surface area contributed by atoms with Crippen molar-refractivity contribution in [2.24, 2.45) is 0 Å². The van der Waals surface area contributed by atoms with Gasteiger partial charge in [-0.3, -0.25) is 0 Å². The molecule has 4 N–H and O–H groups in total. The lowest BCUT2D eigenvalue weighted by Gasteiger charge is -2.29. The summed E-state index contributed by atoms with van der Waals surface area (Å²) < 4.78 is 0. The summed E-state index contributed by atoms with van der Waals surface area (Å²) in [5.41, 5.74) is 3.90. The summed E-state index contributed by atoms with van der Waals surface area (Å²) in [5, 5.41) is 11.9. The van der Waals surface area contributed by atoms with Crippen LogP contribution in [0.15, 0.2) is 0 Å². The molecule has 0 saturated heterocycles. The van der Waals surface area contributed by atoms with Gasteiger partial charge in [-0.15, -0.1) is 0 Å². The van der Waals surface area contributed by atoms with Crippen molar-refractivity contribution >= 4 is 5.97 Å². The van der Waals surface area contributed by atoms with Gasteiger partial charge in [0.2, 0.25) is 0 Å². The first-order chi connectivity index (χ1) is 14.7. The predicted molar refractivity (Wildman–Crippen MR) is 126 cm³/mol. The van der Waals surface area contributed by atoms with Gasteiger partial charge in [-0.1, -0.05) is 90.9 Å². The fourth-order valence-electron chi connectivity index (χ4n) is 4.46. The lowest BCUT2D eigenvalue weighted by molar-refractivity contribution is -0.919. The Labute approximate surface area is 188 Å². The van der Waals surface area contributed by atoms with E-state index in [9.17, 15) is 9.90 Å². The third-order valence-corrected chi connectivity index (χ3v) is 6.47. The first-order valence-corrected chi connectivity index (χ1v) is 13.5. The summed E-state index contributed by atoms with van der Waals surface area (Å²) in [6.45, 7) is 7.40. The fraction of sp³-hybridized carbons (Fsp3) is 0.962. The number of nitrogens with one attached hydrogen (secondary N) is 1. The quantitative estimate of drug-likeness (QED) is 0.231. The highest BCUT2D eigenvalue weighted by Gasteiger charge is 2.22. The Bertz CT molecular complexity index is 343. The summed E-state index contributed by atoms with van der Waals surface area (Å²) in [4.78, 5) is 13.1. The van der Waals surface area contributed by atoms with E-state index < -0.39 is 5.97 Å². The number of carbonyl (C=O) groups excluding carboxylic acids is 1. The predicted octanol–water partition coefficient (Wildman–Crippen LogP) is 3.68. The van der Waals surface area contributed by atoms with Crippen molar-refractivity contribution in [3.8, 4) is 0 Å². The molecule has 0 aliphatic heterocycles. The molecule has 4 nitrogen and oxygen atoms in total. The van der Waals surface area contributed by atoms with Gasteiger partial charge in [-0.25, -0.2) is 0 Å². The van der Waals surface area contributed by atoms with Gasteiger partial charge in [0.05, 0.1) is 25.6 Å². The average Bonchev–Trinajstić information content (AvgIpc) is 2.73. The van der Waals surface area contributed by atoms with Crippen molar-refractivity contribution in [1.29, 1.82) is 0 Å². The molecule has 30 heavy (non-hydrogen) atoms. The molecule has 0 fully saturated rings. The van der Waals surface area contributed by atoms with Crippen molar-refractivity contribution in [3.63, 3.8) is 0 Å². The molecule has 1 atom stereocenters. The van der Waals surface area contributed by atoms with E-state index in [1.165, 1.54) is 94.8 Å². The van der Waals surface area contributed by atoms with Gasteiger partial charge >= 0.3 is 0 Å². The molecular weight excluding hydrogens is 372 g/mol. The summed E-state index contributed by atoms with van der Waals surface area (Å²) in [6.07, 6.45) is 23.5. The lowest BCUT2D eigenvalue weighted by Crippen LogP contribution is -3.17. The molecule has 0 aliphatic rings. The van der Waals surface area contributed by atoms with Crippen LogP contribution in [0.1, 0.15) is 136 Å². The largest absolute Gasteiger partial charge is 0.544 e. The maximum absolute atomic E-state index is 11.9. The highest BCUT2D eigenvalue weighted by Crippen LogP contribution is 2.09. The van der Waals surface area contributed by atoms with Crippen molar-refractivity contribution in [2.75, 3.05) is 19.6 Å². The zero-order chi connectivity index (χ0) is 22.3. The van der Waals surface area contributed by atoms with Crippen LogP contribution in [0.5, 0.6) is 0 Å². The number of carboxylic acid groups (broad SMARTS) is 1. The Morgan fingerprint density at radius 2 is 1.07 bits per heavy atom. The smallest absolute Gasteiger partial charge is 0.128 e. The number of rotatable bonds is 24. The second-order valence-electron chi connectivity index (χ2n) is 9.33. The van der Waals surface area contributed by atoms with Gasteiger partial charge in [0.15, 0.2) is 0 Å². The molecule has 180 valence electrons. The van der Waals surface area contributed by atoms with Gasteiger partial charge in [0, 0.05) is 6.42 Å². The van der Waals surface area contributed by atoms with Crippen molar-refractivity contribution < 1.29 is 20.5 Å². The van der Waals surface area contributed by atoms with Crippen LogP contribution in [-0.2, 0) is 4.79 Å². The molecule has 0 radical (unpaired) electrons. The van der Waals surface area contributed by atoms with E-state index in [1.807, 2.05) is 0 Å². The molecule has 0 heterocycles. The molecule has 0 aromatic heterocycles. The van der Waals surface area contributed by atoms with Crippen molar-refractivity contribution in [1.82, 2.24) is 0 Å². The molecule has 0 aromatic rings. The van der Waals surface area contributed by atoms with Crippen LogP contribution in [0.2, 0.25) is 0 Å². The van der Waals surface area contributed by atoms with E-state index >= 15 is 0 Å². The topological polar surface area (TPSA) is 72.2 Å². The number of carbonyl (C=O) groups is 1. The summed E-state index contributed by atoms with van der Waals surface area (Å²) in [6, 6.07) is -0.328. The molecule has 0 amide bonds. The fourth-order valence-corrected chi connectivity index (χ4v) is 4.46. The van der Waals surface area contributed by atoms with Crippen LogP contribution in [0.4, 0.5) is 0 Å². The van der Waals surface area contributed by atoms with Gasteiger partial charge in [-0.05, 0) is 38.5 Å². The molecule has 4 heteroatoms. The Morgan fingerprint density at radius 3 is 1.43 bits per heavy atom. The average molecular weight is 428 g/mol. The molecule has 1 unspecified atom stereocenters. The van der Waals surface area contributed by atoms with E-state index in [0.717, 1.165) is 51.7 Å². The number of unbranched alkanes of at least 4 members (excludes halogenated alkanes) is 15. The molecule has 0 bridgehead atoms. The van der Waals surface area contributed by atoms with Crippen LogP contribution in [-0.4, -0.2) is 31.6 Å². The number of hydrogen-bond donors (Lipinski definition) is 2. The molecule has 0 spiro atoms. The van der Waals surface area contributed by atoms with Crippen molar-refractivity contribution in [3.05, 3.63) is 0 Å². The monoisotopic (exact) mass is 427 g/mol. The van der Waals surface area contributed by atoms with Crippen LogP contribution in [0.3, 0.4) is 0 Å². The first kappa shape index (κ1) is 29.4. The number of quaternary nitrogens is 2. The van der Waals surface area contributed by atoms with Crippen LogP contribution >= 0.6 is 0 Å². The Kier molecular flexibility index (Phi) is 22.6. The number of hydrogen-bond acceptors (Lipinski definition) is 2.